The number of para-hydroxylation sites is 1. The van der Waals surface area contributed by atoms with Crippen molar-refractivity contribution < 1.29 is 12.9 Å². The SMILES string of the molecule is Nc1ccccc1S(=O)(=O)N1CCC(c2noc(C3CC3)n2)CC1. The quantitative estimate of drug-likeness (QED) is 0.849. The second-order valence-corrected chi connectivity index (χ2v) is 8.39. The molecule has 2 aliphatic rings. The molecular weight excluding hydrogens is 328 g/mol. The maximum atomic E-state index is 12.7. The summed E-state index contributed by atoms with van der Waals surface area (Å²) in [4.78, 5) is 4.67. The van der Waals surface area contributed by atoms with Gasteiger partial charge in [-0.3, -0.25) is 0 Å². The minimum atomic E-state index is -3.55. The van der Waals surface area contributed by atoms with E-state index in [0.717, 1.165) is 18.7 Å². The number of nitrogens with zero attached hydrogens (tertiary/aromatic N) is 3. The Bertz CT molecular complexity index is 837. The van der Waals surface area contributed by atoms with Gasteiger partial charge in [0.25, 0.3) is 0 Å². The van der Waals surface area contributed by atoms with Crippen LogP contribution in [0.5, 0.6) is 0 Å². The molecule has 4 rings (SSSR count). The zero-order valence-corrected chi connectivity index (χ0v) is 14.1. The first-order chi connectivity index (χ1) is 11.6. The summed E-state index contributed by atoms with van der Waals surface area (Å²) in [6, 6.07) is 6.58. The molecule has 7 nitrogen and oxygen atoms in total. The van der Waals surface area contributed by atoms with Crippen LogP contribution in [0, 0.1) is 0 Å². The van der Waals surface area contributed by atoms with E-state index in [4.69, 9.17) is 10.3 Å². The Kier molecular flexibility index (Phi) is 3.80. The van der Waals surface area contributed by atoms with E-state index in [2.05, 4.69) is 10.1 Å². The van der Waals surface area contributed by atoms with Gasteiger partial charge in [0.2, 0.25) is 15.9 Å². The molecule has 8 heteroatoms. The van der Waals surface area contributed by atoms with E-state index < -0.39 is 10.0 Å². The molecule has 1 aromatic carbocycles. The third-order valence-electron chi connectivity index (χ3n) is 4.74. The Labute approximate surface area is 140 Å². The van der Waals surface area contributed by atoms with Crippen molar-refractivity contribution in [2.24, 2.45) is 0 Å². The number of sulfonamides is 1. The fourth-order valence-corrected chi connectivity index (χ4v) is 4.70. The van der Waals surface area contributed by atoms with Crippen molar-refractivity contribution in [3.05, 3.63) is 36.0 Å². The molecule has 0 spiro atoms. The molecule has 0 bridgehead atoms. The van der Waals surface area contributed by atoms with Crippen molar-refractivity contribution in [2.75, 3.05) is 18.8 Å². The number of rotatable bonds is 4. The van der Waals surface area contributed by atoms with Crippen LogP contribution < -0.4 is 5.73 Å². The maximum Gasteiger partial charge on any atom is 0.245 e. The standard InChI is InChI=1S/C16H20N4O3S/c17-13-3-1-2-4-14(13)24(21,22)20-9-7-11(8-10-20)15-18-16(23-19-15)12-5-6-12/h1-4,11-12H,5-10,17H2. The van der Waals surface area contributed by atoms with Crippen molar-refractivity contribution in [3.8, 4) is 0 Å². The maximum absolute atomic E-state index is 12.7. The van der Waals surface area contributed by atoms with E-state index in [0.29, 0.717) is 37.7 Å². The van der Waals surface area contributed by atoms with E-state index >= 15 is 0 Å². The van der Waals surface area contributed by atoms with Crippen molar-refractivity contribution in [1.29, 1.82) is 0 Å². The van der Waals surface area contributed by atoms with Crippen LogP contribution in [0.3, 0.4) is 0 Å². The van der Waals surface area contributed by atoms with Gasteiger partial charge in [-0.05, 0) is 37.8 Å². The molecule has 0 radical (unpaired) electrons. The van der Waals surface area contributed by atoms with Crippen LogP contribution in [0.25, 0.3) is 0 Å². The minimum absolute atomic E-state index is 0.154. The molecule has 0 amide bonds. The summed E-state index contributed by atoms with van der Waals surface area (Å²) in [6.07, 6.45) is 3.62. The normalized spacial score (nSPS) is 20.3. The number of nitrogen functional groups attached to an aromatic ring is 1. The lowest BCUT2D eigenvalue weighted by atomic mass is 9.97. The van der Waals surface area contributed by atoms with Crippen molar-refractivity contribution in [3.63, 3.8) is 0 Å². The highest BCUT2D eigenvalue weighted by atomic mass is 32.2. The molecule has 2 fully saturated rings. The van der Waals surface area contributed by atoms with Crippen LogP contribution in [0.1, 0.15) is 49.2 Å². The summed E-state index contributed by atoms with van der Waals surface area (Å²) >= 11 is 0. The topological polar surface area (TPSA) is 102 Å². The number of aromatic nitrogens is 2. The van der Waals surface area contributed by atoms with Crippen molar-refractivity contribution in [2.45, 2.75) is 42.4 Å². The molecule has 24 heavy (non-hydrogen) atoms. The Morgan fingerprint density at radius 3 is 2.46 bits per heavy atom. The first kappa shape index (κ1) is 15.6. The molecule has 1 aliphatic carbocycles. The predicted molar refractivity (Wildman–Crippen MR) is 87.9 cm³/mol. The highest BCUT2D eigenvalue weighted by molar-refractivity contribution is 7.89. The number of piperidine rings is 1. The summed E-state index contributed by atoms with van der Waals surface area (Å²) in [5.74, 6) is 2.04. The van der Waals surface area contributed by atoms with Gasteiger partial charge in [-0.2, -0.15) is 9.29 Å². The van der Waals surface area contributed by atoms with Crippen molar-refractivity contribution in [1.82, 2.24) is 14.4 Å². The van der Waals surface area contributed by atoms with E-state index in [1.165, 1.54) is 4.31 Å². The minimum Gasteiger partial charge on any atom is -0.398 e. The van der Waals surface area contributed by atoms with Gasteiger partial charge in [0.05, 0.1) is 5.69 Å². The molecule has 2 aromatic rings. The molecule has 1 aliphatic heterocycles. The summed E-state index contributed by atoms with van der Waals surface area (Å²) < 4.78 is 32.3. The largest absolute Gasteiger partial charge is 0.398 e. The van der Waals surface area contributed by atoms with Gasteiger partial charge in [0.1, 0.15) is 4.90 Å². The van der Waals surface area contributed by atoms with Crippen LogP contribution in [0.15, 0.2) is 33.7 Å². The second-order valence-electron chi connectivity index (χ2n) is 6.48. The Morgan fingerprint density at radius 1 is 1.08 bits per heavy atom. The molecule has 2 N–H and O–H groups in total. The molecule has 1 saturated heterocycles. The van der Waals surface area contributed by atoms with E-state index in [9.17, 15) is 8.42 Å². The number of anilines is 1. The van der Waals surface area contributed by atoms with Gasteiger partial charge in [-0.15, -0.1) is 0 Å². The number of benzene rings is 1. The molecule has 1 saturated carbocycles. The number of hydrogen-bond donors (Lipinski definition) is 1. The molecule has 0 unspecified atom stereocenters. The first-order valence-electron chi connectivity index (χ1n) is 8.24. The van der Waals surface area contributed by atoms with Gasteiger partial charge < -0.3 is 10.3 Å². The third kappa shape index (κ3) is 2.80. The number of hydrogen-bond acceptors (Lipinski definition) is 6. The van der Waals surface area contributed by atoms with Gasteiger partial charge in [0, 0.05) is 24.9 Å². The van der Waals surface area contributed by atoms with E-state index in [1.807, 2.05) is 0 Å². The molecule has 128 valence electrons. The van der Waals surface area contributed by atoms with Gasteiger partial charge in [-0.25, -0.2) is 8.42 Å². The lowest BCUT2D eigenvalue weighted by Crippen LogP contribution is -2.38. The molecule has 1 aromatic heterocycles. The summed E-state index contributed by atoms with van der Waals surface area (Å²) in [5.41, 5.74) is 6.11. The zero-order valence-electron chi connectivity index (χ0n) is 13.3. The fourth-order valence-electron chi connectivity index (χ4n) is 3.12. The predicted octanol–water partition coefficient (Wildman–Crippen LogP) is 2.10. The smallest absolute Gasteiger partial charge is 0.245 e. The van der Waals surface area contributed by atoms with E-state index in [-0.39, 0.29) is 16.5 Å². The van der Waals surface area contributed by atoms with Crippen LogP contribution in [-0.2, 0) is 10.0 Å². The summed E-state index contributed by atoms with van der Waals surface area (Å²) in [5, 5.41) is 4.09. The van der Waals surface area contributed by atoms with Crippen molar-refractivity contribution >= 4 is 15.7 Å². The van der Waals surface area contributed by atoms with Crippen LogP contribution in [0.4, 0.5) is 5.69 Å². The highest BCUT2D eigenvalue weighted by Crippen LogP contribution is 2.40. The average molecular weight is 348 g/mol. The summed E-state index contributed by atoms with van der Waals surface area (Å²) in [7, 11) is -3.55. The van der Waals surface area contributed by atoms with E-state index in [1.54, 1.807) is 24.3 Å². The molecular formula is C16H20N4O3S. The number of nitrogens with two attached hydrogens (primary N) is 1. The lowest BCUT2D eigenvalue weighted by molar-refractivity contribution is 0.305. The van der Waals surface area contributed by atoms with Gasteiger partial charge in [-0.1, -0.05) is 17.3 Å². The molecule has 0 atom stereocenters. The second kappa shape index (κ2) is 5.86. The van der Waals surface area contributed by atoms with Crippen LogP contribution >= 0.6 is 0 Å². The fraction of sp³-hybridized carbons (Fsp3) is 0.500. The Hall–Kier alpha value is -1.93. The third-order valence-corrected chi connectivity index (χ3v) is 6.71. The summed E-state index contributed by atoms with van der Waals surface area (Å²) in [6.45, 7) is 0.878. The Balaban J connectivity index is 1.46. The average Bonchev–Trinajstić information content (AvgIpc) is 3.32. The molecule has 2 heterocycles. The van der Waals surface area contributed by atoms with Gasteiger partial charge >= 0.3 is 0 Å². The van der Waals surface area contributed by atoms with Crippen LogP contribution in [0.2, 0.25) is 0 Å². The first-order valence-corrected chi connectivity index (χ1v) is 9.68. The Morgan fingerprint density at radius 2 is 1.79 bits per heavy atom. The van der Waals surface area contributed by atoms with Gasteiger partial charge in [0.15, 0.2) is 5.82 Å². The zero-order chi connectivity index (χ0) is 16.7. The monoisotopic (exact) mass is 348 g/mol. The lowest BCUT2D eigenvalue weighted by Gasteiger charge is -2.30. The van der Waals surface area contributed by atoms with Crippen LogP contribution in [-0.4, -0.2) is 36.0 Å². The highest BCUT2D eigenvalue weighted by Gasteiger charge is 2.34.